The number of benzene rings is 1. The summed E-state index contributed by atoms with van der Waals surface area (Å²) in [6.07, 6.45) is 0.975. The zero-order valence-electron chi connectivity index (χ0n) is 15.1. The average molecular weight is 378 g/mol. The molecule has 1 aromatic rings. The molecule has 0 unspecified atom stereocenters. The molecular formula is C19H26N2O6. The lowest BCUT2D eigenvalue weighted by molar-refractivity contribution is -0.142. The summed E-state index contributed by atoms with van der Waals surface area (Å²) >= 11 is 0. The van der Waals surface area contributed by atoms with E-state index in [9.17, 15) is 19.5 Å². The fraction of sp³-hybridized carbons (Fsp3) is 0.421. The molecule has 0 fully saturated rings. The number of carbonyl (C=O) groups excluding carboxylic acids is 2. The number of hydrogen-bond donors (Lipinski definition) is 4. The van der Waals surface area contributed by atoms with Crippen LogP contribution in [0.25, 0.3) is 0 Å². The van der Waals surface area contributed by atoms with Gasteiger partial charge in [0.2, 0.25) is 5.91 Å². The molecule has 4 N–H and O–H groups in total. The van der Waals surface area contributed by atoms with E-state index in [0.29, 0.717) is 12.8 Å². The fourth-order valence-corrected chi connectivity index (χ4v) is 2.24. The van der Waals surface area contributed by atoms with Crippen LogP contribution in [0.1, 0.15) is 31.2 Å². The van der Waals surface area contributed by atoms with Crippen molar-refractivity contribution in [2.75, 3.05) is 6.54 Å². The van der Waals surface area contributed by atoms with Crippen molar-refractivity contribution in [1.82, 2.24) is 10.6 Å². The van der Waals surface area contributed by atoms with Crippen molar-refractivity contribution in [2.45, 2.75) is 44.4 Å². The van der Waals surface area contributed by atoms with Crippen LogP contribution in [0.15, 0.2) is 43.0 Å². The third-order valence-electron chi connectivity index (χ3n) is 3.65. The standard InChI is InChI=1S/C19H26N2O6/c1-2-3-5-10-16(18(24)25)21-17(23)11-15(22)12-20-19(26)27-13-14-8-6-4-7-9-14/h2,4,6-9,15-16,22H,1,3,5,10-13H2,(H,20,26)(H,21,23)(H,24,25)/t15-,16-/m1/s1. The van der Waals surface area contributed by atoms with Crippen LogP contribution in [-0.4, -0.2) is 46.9 Å². The molecule has 1 rings (SSSR count). The Labute approximate surface area is 158 Å². The largest absolute Gasteiger partial charge is 0.480 e. The number of aliphatic hydroxyl groups is 1. The number of carboxylic acids is 1. The van der Waals surface area contributed by atoms with Crippen molar-refractivity contribution in [2.24, 2.45) is 0 Å². The monoisotopic (exact) mass is 378 g/mol. The Balaban J connectivity index is 2.28. The van der Waals surface area contributed by atoms with Gasteiger partial charge in [-0.15, -0.1) is 6.58 Å². The number of aliphatic carboxylic acids is 1. The predicted octanol–water partition coefficient (Wildman–Crippen LogP) is 1.59. The van der Waals surface area contributed by atoms with Crippen LogP contribution in [0.5, 0.6) is 0 Å². The Hall–Kier alpha value is -2.87. The van der Waals surface area contributed by atoms with Gasteiger partial charge in [0.05, 0.1) is 12.5 Å². The van der Waals surface area contributed by atoms with E-state index in [0.717, 1.165) is 5.56 Å². The first-order chi connectivity index (χ1) is 12.9. The van der Waals surface area contributed by atoms with Gasteiger partial charge in [-0.2, -0.15) is 0 Å². The molecule has 8 nitrogen and oxygen atoms in total. The smallest absolute Gasteiger partial charge is 0.407 e. The first-order valence-corrected chi connectivity index (χ1v) is 8.68. The van der Waals surface area contributed by atoms with Gasteiger partial charge in [0.15, 0.2) is 0 Å². The van der Waals surface area contributed by atoms with E-state index in [4.69, 9.17) is 9.84 Å². The number of unbranched alkanes of at least 4 members (excludes halogenated alkanes) is 1. The third-order valence-corrected chi connectivity index (χ3v) is 3.65. The summed E-state index contributed by atoms with van der Waals surface area (Å²) in [6, 6.07) is 8.08. The number of hydrogen-bond acceptors (Lipinski definition) is 5. The molecule has 0 spiro atoms. The van der Waals surface area contributed by atoms with E-state index in [1.807, 2.05) is 18.2 Å². The number of amides is 2. The summed E-state index contributed by atoms with van der Waals surface area (Å²) < 4.78 is 4.99. The van der Waals surface area contributed by atoms with Crippen LogP contribution < -0.4 is 10.6 Å². The molecule has 0 saturated carbocycles. The molecular weight excluding hydrogens is 352 g/mol. The topological polar surface area (TPSA) is 125 Å². The van der Waals surface area contributed by atoms with Crippen molar-refractivity contribution in [1.29, 1.82) is 0 Å². The highest BCUT2D eigenvalue weighted by atomic mass is 16.5. The van der Waals surface area contributed by atoms with Gasteiger partial charge in [-0.25, -0.2) is 9.59 Å². The summed E-state index contributed by atoms with van der Waals surface area (Å²) in [4.78, 5) is 34.6. The molecule has 0 saturated heterocycles. The minimum atomic E-state index is -1.16. The first-order valence-electron chi connectivity index (χ1n) is 8.68. The summed E-state index contributed by atoms with van der Waals surface area (Å²) in [5.74, 6) is -1.74. The highest BCUT2D eigenvalue weighted by Crippen LogP contribution is 2.03. The molecule has 1 aromatic carbocycles. The van der Waals surface area contributed by atoms with Crippen molar-refractivity contribution in [3.05, 3.63) is 48.6 Å². The highest BCUT2D eigenvalue weighted by molar-refractivity contribution is 5.83. The van der Waals surface area contributed by atoms with Crippen LogP contribution in [0.4, 0.5) is 4.79 Å². The number of nitrogens with one attached hydrogen (secondary N) is 2. The maximum atomic E-state index is 11.9. The number of rotatable bonds is 12. The van der Waals surface area contributed by atoms with E-state index < -0.39 is 30.1 Å². The van der Waals surface area contributed by atoms with Crippen molar-refractivity contribution in [3.8, 4) is 0 Å². The molecule has 148 valence electrons. The van der Waals surface area contributed by atoms with Crippen LogP contribution in [-0.2, 0) is 20.9 Å². The third kappa shape index (κ3) is 10.0. The molecule has 27 heavy (non-hydrogen) atoms. The van der Waals surface area contributed by atoms with Crippen LogP contribution in [0, 0.1) is 0 Å². The molecule has 0 heterocycles. The van der Waals surface area contributed by atoms with E-state index >= 15 is 0 Å². The van der Waals surface area contributed by atoms with Crippen LogP contribution in [0.3, 0.4) is 0 Å². The number of carbonyl (C=O) groups is 3. The lowest BCUT2D eigenvalue weighted by Crippen LogP contribution is -2.43. The molecule has 0 bridgehead atoms. The van der Waals surface area contributed by atoms with Crippen LogP contribution >= 0.6 is 0 Å². The van der Waals surface area contributed by atoms with Gasteiger partial charge >= 0.3 is 12.1 Å². The van der Waals surface area contributed by atoms with E-state index in [1.165, 1.54) is 0 Å². The molecule has 2 atom stereocenters. The van der Waals surface area contributed by atoms with Gasteiger partial charge in [-0.05, 0) is 24.8 Å². The molecule has 8 heteroatoms. The molecule has 0 aliphatic heterocycles. The Morgan fingerprint density at radius 2 is 1.93 bits per heavy atom. The number of aliphatic hydroxyl groups excluding tert-OH is 1. The lowest BCUT2D eigenvalue weighted by Gasteiger charge is -2.16. The second-order valence-corrected chi connectivity index (χ2v) is 5.98. The molecule has 0 aliphatic carbocycles. The summed E-state index contributed by atoms with van der Waals surface area (Å²) in [6.45, 7) is 3.46. The average Bonchev–Trinajstić information content (AvgIpc) is 2.64. The predicted molar refractivity (Wildman–Crippen MR) is 98.9 cm³/mol. The fourth-order valence-electron chi connectivity index (χ4n) is 2.24. The Morgan fingerprint density at radius 3 is 2.56 bits per heavy atom. The van der Waals surface area contributed by atoms with Crippen LogP contribution in [0.2, 0.25) is 0 Å². The minimum Gasteiger partial charge on any atom is -0.480 e. The summed E-state index contributed by atoms with van der Waals surface area (Å²) in [5.41, 5.74) is 0.823. The lowest BCUT2D eigenvalue weighted by atomic mass is 10.1. The van der Waals surface area contributed by atoms with Crippen molar-refractivity contribution in [3.63, 3.8) is 0 Å². The number of allylic oxidation sites excluding steroid dienone is 1. The molecule has 2 amide bonds. The van der Waals surface area contributed by atoms with Gasteiger partial charge in [0.25, 0.3) is 0 Å². The molecule has 0 aromatic heterocycles. The molecule has 0 radical (unpaired) electrons. The Kier molecular flexibility index (Phi) is 10.2. The zero-order valence-corrected chi connectivity index (χ0v) is 15.1. The van der Waals surface area contributed by atoms with Gasteiger partial charge in [-0.1, -0.05) is 36.4 Å². The maximum absolute atomic E-state index is 11.9. The second-order valence-electron chi connectivity index (χ2n) is 5.98. The van der Waals surface area contributed by atoms with Gasteiger partial charge in [0, 0.05) is 6.54 Å². The zero-order chi connectivity index (χ0) is 20.1. The second kappa shape index (κ2) is 12.5. The Bertz CT molecular complexity index is 620. The van der Waals surface area contributed by atoms with E-state index in [-0.39, 0.29) is 26.0 Å². The van der Waals surface area contributed by atoms with Crippen molar-refractivity contribution < 1.29 is 29.3 Å². The Morgan fingerprint density at radius 1 is 1.22 bits per heavy atom. The minimum absolute atomic E-state index is 0.0915. The normalized spacial score (nSPS) is 12.5. The SMILES string of the molecule is C=CCCC[C@@H](NC(=O)C[C@@H](O)CNC(=O)OCc1ccccc1)C(=O)O. The van der Waals surface area contributed by atoms with E-state index in [1.54, 1.807) is 18.2 Å². The van der Waals surface area contributed by atoms with Gasteiger partial charge in [0.1, 0.15) is 12.6 Å². The van der Waals surface area contributed by atoms with Gasteiger partial charge < -0.3 is 25.6 Å². The number of ether oxygens (including phenoxy) is 1. The number of alkyl carbamates (subject to hydrolysis) is 1. The van der Waals surface area contributed by atoms with Gasteiger partial charge in [-0.3, -0.25) is 4.79 Å². The van der Waals surface area contributed by atoms with Crippen molar-refractivity contribution >= 4 is 18.0 Å². The maximum Gasteiger partial charge on any atom is 0.407 e. The highest BCUT2D eigenvalue weighted by Gasteiger charge is 2.21. The summed E-state index contributed by atoms with van der Waals surface area (Å²) in [7, 11) is 0. The van der Waals surface area contributed by atoms with E-state index in [2.05, 4.69) is 17.2 Å². The molecule has 0 aliphatic rings. The summed E-state index contributed by atoms with van der Waals surface area (Å²) in [5, 5.41) is 23.7. The number of carboxylic acid groups (broad SMARTS) is 1. The quantitative estimate of drug-likeness (QED) is 0.323. The first kappa shape index (κ1) is 22.2.